The molecule has 1 heterocycles. The summed E-state index contributed by atoms with van der Waals surface area (Å²) in [6.45, 7) is 3.83. The number of aryl methyl sites for hydroxylation is 1. The predicted octanol–water partition coefficient (Wildman–Crippen LogP) is 2.17. The number of hydrogen-bond acceptors (Lipinski definition) is 5. The Kier molecular flexibility index (Phi) is 3.04. The van der Waals surface area contributed by atoms with Crippen LogP contribution in [-0.2, 0) is 6.54 Å². The zero-order chi connectivity index (χ0) is 12.6. The molecule has 2 rings (SSSR count). The normalized spacial score (nSPS) is 10.8. The van der Waals surface area contributed by atoms with Crippen molar-refractivity contribution in [2.24, 2.45) is 5.73 Å². The van der Waals surface area contributed by atoms with E-state index in [0.29, 0.717) is 22.3 Å². The molecule has 0 amide bonds. The maximum absolute atomic E-state index is 9.59. The molecule has 0 saturated heterocycles. The van der Waals surface area contributed by atoms with Crippen LogP contribution in [0.1, 0.15) is 17.0 Å². The average molecular weight is 254 g/mol. The van der Waals surface area contributed by atoms with Gasteiger partial charge in [-0.1, -0.05) is 16.8 Å². The van der Waals surface area contributed by atoms with Crippen LogP contribution in [0.2, 0.25) is 5.02 Å². The van der Waals surface area contributed by atoms with Crippen LogP contribution in [-0.4, -0.2) is 15.2 Å². The summed E-state index contributed by atoms with van der Waals surface area (Å²) in [6.07, 6.45) is 0. The van der Waals surface area contributed by atoms with Crippen LogP contribution < -0.4 is 5.73 Å². The Bertz CT molecular complexity index is 566. The summed E-state index contributed by atoms with van der Waals surface area (Å²) >= 11 is 5.98. The summed E-state index contributed by atoms with van der Waals surface area (Å²) in [5, 5.41) is 13.7. The summed E-state index contributed by atoms with van der Waals surface area (Å²) in [5.41, 5.74) is 7.71. The van der Waals surface area contributed by atoms with Crippen molar-refractivity contribution in [1.82, 2.24) is 10.1 Å². The summed E-state index contributed by atoms with van der Waals surface area (Å²) < 4.78 is 4.96. The molecule has 0 saturated carbocycles. The quantitative estimate of drug-likeness (QED) is 0.857. The van der Waals surface area contributed by atoms with Crippen molar-refractivity contribution >= 4 is 11.6 Å². The van der Waals surface area contributed by atoms with Crippen LogP contribution in [0.25, 0.3) is 11.4 Å². The fourth-order valence-electron chi connectivity index (χ4n) is 1.72. The van der Waals surface area contributed by atoms with Gasteiger partial charge in [0.05, 0.1) is 11.6 Å². The highest BCUT2D eigenvalue weighted by atomic mass is 35.5. The summed E-state index contributed by atoms with van der Waals surface area (Å²) in [5.74, 6) is 0.846. The molecule has 90 valence electrons. The second kappa shape index (κ2) is 4.35. The van der Waals surface area contributed by atoms with E-state index in [1.54, 1.807) is 13.0 Å². The second-order valence-corrected chi connectivity index (χ2v) is 4.12. The number of halogens is 1. The van der Waals surface area contributed by atoms with Crippen molar-refractivity contribution in [1.29, 1.82) is 0 Å². The molecule has 2 aromatic rings. The van der Waals surface area contributed by atoms with Gasteiger partial charge in [0.25, 0.3) is 0 Å². The lowest BCUT2D eigenvalue weighted by Crippen LogP contribution is -1.96. The molecule has 0 radical (unpaired) electrons. The van der Waals surface area contributed by atoms with E-state index in [9.17, 15) is 5.11 Å². The SMILES string of the molecule is Cc1cc(O)c(Cl)c(C)c1-c1noc(CN)n1. The van der Waals surface area contributed by atoms with Crippen LogP contribution in [0.4, 0.5) is 0 Å². The molecule has 1 aromatic carbocycles. The third kappa shape index (κ3) is 1.99. The van der Waals surface area contributed by atoms with E-state index in [4.69, 9.17) is 21.9 Å². The number of rotatable bonds is 2. The van der Waals surface area contributed by atoms with Gasteiger partial charge in [-0.25, -0.2) is 0 Å². The standard InChI is InChI=1S/C11H12ClN3O2/c1-5-3-7(16)10(12)6(2)9(5)11-14-8(4-13)17-15-11/h3,16H,4,13H2,1-2H3. The third-order valence-corrected chi connectivity index (χ3v) is 3.02. The van der Waals surface area contributed by atoms with E-state index >= 15 is 0 Å². The molecular weight excluding hydrogens is 242 g/mol. The molecule has 6 heteroatoms. The van der Waals surface area contributed by atoms with Crippen molar-refractivity contribution in [3.05, 3.63) is 28.1 Å². The molecule has 1 aromatic heterocycles. The molecule has 0 aliphatic carbocycles. The number of benzene rings is 1. The maximum Gasteiger partial charge on any atom is 0.240 e. The maximum atomic E-state index is 9.59. The number of aromatic hydroxyl groups is 1. The van der Waals surface area contributed by atoms with Gasteiger partial charge in [0.1, 0.15) is 5.75 Å². The summed E-state index contributed by atoms with van der Waals surface area (Å²) in [6, 6.07) is 1.57. The zero-order valence-corrected chi connectivity index (χ0v) is 10.2. The minimum atomic E-state index is 0.0490. The Hall–Kier alpha value is -1.59. The van der Waals surface area contributed by atoms with Gasteiger partial charge in [0, 0.05) is 5.56 Å². The van der Waals surface area contributed by atoms with Crippen LogP contribution in [0.15, 0.2) is 10.6 Å². The van der Waals surface area contributed by atoms with E-state index < -0.39 is 0 Å². The van der Waals surface area contributed by atoms with Crippen molar-refractivity contribution in [2.45, 2.75) is 20.4 Å². The number of aromatic nitrogens is 2. The van der Waals surface area contributed by atoms with E-state index in [1.165, 1.54) is 0 Å². The number of nitrogens with two attached hydrogens (primary N) is 1. The van der Waals surface area contributed by atoms with Crippen molar-refractivity contribution in [2.75, 3.05) is 0 Å². The molecule has 0 unspecified atom stereocenters. The van der Waals surface area contributed by atoms with Gasteiger partial charge in [-0.3, -0.25) is 0 Å². The Morgan fingerprint density at radius 2 is 2.18 bits per heavy atom. The van der Waals surface area contributed by atoms with Gasteiger partial charge in [0.15, 0.2) is 0 Å². The lowest BCUT2D eigenvalue weighted by atomic mass is 10.0. The van der Waals surface area contributed by atoms with Crippen molar-refractivity contribution < 1.29 is 9.63 Å². The highest BCUT2D eigenvalue weighted by Gasteiger charge is 2.17. The molecule has 17 heavy (non-hydrogen) atoms. The average Bonchev–Trinajstić information content (AvgIpc) is 2.74. The molecular formula is C11H12ClN3O2. The van der Waals surface area contributed by atoms with Gasteiger partial charge in [-0.2, -0.15) is 4.98 Å². The fourth-order valence-corrected chi connectivity index (χ4v) is 1.87. The summed E-state index contributed by atoms with van der Waals surface area (Å²) in [7, 11) is 0. The van der Waals surface area contributed by atoms with Crippen LogP contribution >= 0.6 is 11.6 Å². The Morgan fingerprint density at radius 3 is 2.76 bits per heavy atom. The lowest BCUT2D eigenvalue weighted by Gasteiger charge is -2.09. The van der Waals surface area contributed by atoms with Gasteiger partial charge in [0.2, 0.25) is 11.7 Å². The molecule has 0 spiro atoms. The van der Waals surface area contributed by atoms with Crippen LogP contribution in [0.3, 0.4) is 0 Å². The van der Waals surface area contributed by atoms with Gasteiger partial charge in [-0.05, 0) is 31.0 Å². The predicted molar refractivity (Wildman–Crippen MR) is 63.8 cm³/mol. The number of nitrogens with zero attached hydrogens (tertiary/aromatic N) is 2. The first kappa shape index (κ1) is 11.9. The number of hydrogen-bond donors (Lipinski definition) is 2. The lowest BCUT2D eigenvalue weighted by molar-refractivity contribution is 0.380. The molecule has 0 aliphatic heterocycles. The van der Waals surface area contributed by atoms with Crippen molar-refractivity contribution in [3.8, 4) is 17.1 Å². The minimum Gasteiger partial charge on any atom is -0.506 e. The van der Waals surface area contributed by atoms with Crippen molar-refractivity contribution in [3.63, 3.8) is 0 Å². The summed E-state index contributed by atoms with van der Waals surface area (Å²) in [4.78, 5) is 4.15. The molecule has 0 atom stereocenters. The molecule has 0 aliphatic rings. The Labute approximate surface area is 103 Å². The first-order valence-corrected chi connectivity index (χ1v) is 5.44. The molecule has 3 N–H and O–H groups in total. The Balaban J connectivity index is 2.62. The smallest absolute Gasteiger partial charge is 0.240 e. The first-order chi connectivity index (χ1) is 8.04. The van der Waals surface area contributed by atoms with Crippen LogP contribution in [0.5, 0.6) is 5.75 Å². The molecule has 5 nitrogen and oxygen atoms in total. The van der Waals surface area contributed by atoms with E-state index in [1.807, 2.05) is 6.92 Å². The minimum absolute atomic E-state index is 0.0490. The topological polar surface area (TPSA) is 85.2 Å². The number of phenolic OH excluding ortho intramolecular Hbond substituents is 1. The first-order valence-electron chi connectivity index (χ1n) is 5.06. The Morgan fingerprint density at radius 1 is 1.47 bits per heavy atom. The second-order valence-electron chi connectivity index (χ2n) is 3.74. The fraction of sp³-hybridized carbons (Fsp3) is 0.273. The van der Waals surface area contributed by atoms with Gasteiger partial charge >= 0.3 is 0 Å². The zero-order valence-electron chi connectivity index (χ0n) is 9.49. The molecule has 0 fully saturated rings. The third-order valence-electron chi connectivity index (χ3n) is 2.54. The van der Waals surface area contributed by atoms with E-state index in [-0.39, 0.29) is 12.3 Å². The number of phenols is 1. The molecule has 0 bridgehead atoms. The van der Waals surface area contributed by atoms with Crippen LogP contribution in [0, 0.1) is 13.8 Å². The van der Waals surface area contributed by atoms with E-state index in [2.05, 4.69) is 10.1 Å². The van der Waals surface area contributed by atoms with Gasteiger partial charge < -0.3 is 15.4 Å². The largest absolute Gasteiger partial charge is 0.506 e. The highest BCUT2D eigenvalue weighted by molar-refractivity contribution is 6.33. The van der Waals surface area contributed by atoms with E-state index in [0.717, 1.165) is 11.1 Å². The monoisotopic (exact) mass is 253 g/mol. The highest BCUT2D eigenvalue weighted by Crippen LogP contribution is 2.36. The van der Waals surface area contributed by atoms with Gasteiger partial charge in [-0.15, -0.1) is 0 Å².